The van der Waals surface area contributed by atoms with Crippen LogP contribution >= 0.6 is 0 Å². The number of rotatable bonds is 18. The molecule has 0 aliphatic carbocycles. The maximum absolute atomic E-state index is 12.7. The molecule has 0 unspecified atom stereocenters. The van der Waals surface area contributed by atoms with Crippen molar-refractivity contribution in [1.82, 2.24) is 16.0 Å². The zero-order chi connectivity index (χ0) is 26.9. The van der Waals surface area contributed by atoms with Crippen LogP contribution in [0.4, 0.5) is 4.79 Å². The number of carboxylic acids is 3. The average Bonchev–Trinajstić information content (AvgIpc) is 2.82. The molecule has 0 aliphatic heterocycles. The standard InChI is InChI=1S/C24H35N3O9/c1-2-3-6-13-25-21(30)18(27-24(35)26-14-7-4-5-8-19(28)29)15-16-9-11-17(12-10-16)36-20(22(31)32)23(33)34/h9-12,18,20H,2-8,13-15H2,1H3,(H,25,30)(H,28,29)(H,31,32)(H,33,34)(H2,26,27,35)/t18-/m0/s1. The van der Waals surface area contributed by atoms with E-state index in [0.29, 0.717) is 37.9 Å². The van der Waals surface area contributed by atoms with Gasteiger partial charge in [0.2, 0.25) is 5.91 Å². The summed E-state index contributed by atoms with van der Waals surface area (Å²) in [5.41, 5.74) is 0.632. The van der Waals surface area contributed by atoms with Gasteiger partial charge in [-0.1, -0.05) is 38.3 Å². The average molecular weight is 510 g/mol. The fourth-order valence-corrected chi connectivity index (χ4v) is 3.19. The SMILES string of the molecule is CCCCCNC(=O)[C@H](Cc1ccc(OC(C(=O)O)C(=O)O)cc1)NC(=O)NCCCCCC(=O)O. The molecule has 0 saturated carbocycles. The number of unbranched alkanes of at least 4 members (excludes halogenated alkanes) is 4. The molecule has 0 bridgehead atoms. The van der Waals surface area contributed by atoms with E-state index in [1.807, 2.05) is 6.92 Å². The van der Waals surface area contributed by atoms with Crippen molar-refractivity contribution in [2.24, 2.45) is 0 Å². The first-order valence-corrected chi connectivity index (χ1v) is 11.9. The van der Waals surface area contributed by atoms with Crippen LogP contribution in [-0.2, 0) is 25.6 Å². The molecule has 0 spiro atoms. The van der Waals surface area contributed by atoms with Gasteiger partial charge in [0.1, 0.15) is 11.8 Å². The Hall–Kier alpha value is -3.83. The highest BCUT2D eigenvalue weighted by Gasteiger charge is 2.28. The van der Waals surface area contributed by atoms with Crippen LogP contribution in [0, 0.1) is 0 Å². The number of nitrogens with one attached hydrogen (secondary N) is 3. The lowest BCUT2D eigenvalue weighted by Gasteiger charge is -2.19. The van der Waals surface area contributed by atoms with E-state index in [1.54, 1.807) is 12.1 Å². The second-order valence-electron chi connectivity index (χ2n) is 8.18. The summed E-state index contributed by atoms with van der Waals surface area (Å²) < 4.78 is 4.98. The summed E-state index contributed by atoms with van der Waals surface area (Å²) in [7, 11) is 0. The smallest absolute Gasteiger partial charge is 0.356 e. The summed E-state index contributed by atoms with van der Waals surface area (Å²) in [4.78, 5) is 57.6. The van der Waals surface area contributed by atoms with Gasteiger partial charge in [-0.2, -0.15) is 0 Å². The first-order chi connectivity index (χ1) is 17.1. The van der Waals surface area contributed by atoms with Crippen LogP contribution in [0.15, 0.2) is 24.3 Å². The normalized spacial score (nSPS) is 11.4. The number of urea groups is 1. The minimum absolute atomic E-state index is 0.0303. The highest BCUT2D eigenvalue weighted by molar-refractivity contribution is 5.96. The molecule has 12 nitrogen and oxygen atoms in total. The molecule has 6 N–H and O–H groups in total. The maximum Gasteiger partial charge on any atom is 0.356 e. The van der Waals surface area contributed by atoms with Crippen LogP contribution in [0.25, 0.3) is 0 Å². The Kier molecular flexibility index (Phi) is 14.0. The van der Waals surface area contributed by atoms with E-state index in [-0.39, 0.29) is 24.5 Å². The molecular weight excluding hydrogens is 474 g/mol. The summed E-state index contributed by atoms with van der Waals surface area (Å²) in [5.74, 6) is -4.47. The molecule has 0 radical (unpaired) electrons. The highest BCUT2D eigenvalue weighted by Crippen LogP contribution is 2.16. The second kappa shape index (κ2) is 16.7. The Morgan fingerprint density at radius 3 is 2.03 bits per heavy atom. The number of carboxylic acid groups (broad SMARTS) is 3. The molecule has 1 aromatic carbocycles. The van der Waals surface area contributed by atoms with Crippen molar-refractivity contribution >= 4 is 29.8 Å². The molecule has 12 heteroatoms. The van der Waals surface area contributed by atoms with Gasteiger partial charge < -0.3 is 36.0 Å². The summed E-state index contributed by atoms with van der Waals surface area (Å²) >= 11 is 0. The van der Waals surface area contributed by atoms with E-state index in [4.69, 9.17) is 20.1 Å². The monoisotopic (exact) mass is 509 g/mol. The molecule has 200 valence electrons. The zero-order valence-electron chi connectivity index (χ0n) is 20.3. The molecule has 0 fully saturated rings. The molecule has 0 aromatic heterocycles. The predicted molar refractivity (Wildman–Crippen MR) is 129 cm³/mol. The van der Waals surface area contributed by atoms with E-state index < -0.39 is 36.1 Å². The Bertz CT molecular complexity index is 860. The number of hydrogen-bond donors (Lipinski definition) is 6. The Balaban J connectivity index is 2.73. The predicted octanol–water partition coefficient (Wildman–Crippen LogP) is 1.76. The van der Waals surface area contributed by atoms with Crippen LogP contribution in [-0.4, -0.2) is 70.4 Å². The van der Waals surface area contributed by atoms with Crippen LogP contribution in [0.2, 0.25) is 0 Å². The summed E-state index contributed by atoms with van der Waals surface area (Å²) in [5, 5.41) is 34.6. The Labute approximate surface area is 209 Å². The van der Waals surface area contributed by atoms with E-state index in [2.05, 4.69) is 16.0 Å². The first-order valence-electron chi connectivity index (χ1n) is 11.9. The van der Waals surface area contributed by atoms with Crippen molar-refractivity contribution in [2.45, 2.75) is 70.4 Å². The van der Waals surface area contributed by atoms with E-state index in [1.165, 1.54) is 12.1 Å². The van der Waals surface area contributed by atoms with Gasteiger partial charge >= 0.3 is 23.9 Å². The van der Waals surface area contributed by atoms with Crippen LogP contribution in [0.5, 0.6) is 5.75 Å². The van der Waals surface area contributed by atoms with Gasteiger partial charge in [0.05, 0.1) is 0 Å². The third-order valence-corrected chi connectivity index (χ3v) is 5.12. The molecule has 36 heavy (non-hydrogen) atoms. The first kappa shape index (κ1) is 30.2. The van der Waals surface area contributed by atoms with Crippen LogP contribution in [0.1, 0.15) is 57.4 Å². The van der Waals surface area contributed by atoms with E-state index in [0.717, 1.165) is 19.3 Å². The van der Waals surface area contributed by atoms with Crippen LogP contribution in [0.3, 0.4) is 0 Å². The molecule has 3 amide bonds. The lowest BCUT2D eigenvalue weighted by atomic mass is 10.0. The largest absolute Gasteiger partial charge is 0.481 e. The number of benzene rings is 1. The minimum Gasteiger partial charge on any atom is -0.481 e. The van der Waals surface area contributed by atoms with Crippen molar-refractivity contribution in [1.29, 1.82) is 0 Å². The molecule has 1 aromatic rings. The van der Waals surface area contributed by atoms with Crippen molar-refractivity contribution < 1.29 is 44.0 Å². The van der Waals surface area contributed by atoms with Gasteiger partial charge in [-0.15, -0.1) is 0 Å². The van der Waals surface area contributed by atoms with Crippen molar-refractivity contribution in [2.75, 3.05) is 13.1 Å². The Morgan fingerprint density at radius 2 is 1.44 bits per heavy atom. The van der Waals surface area contributed by atoms with Gasteiger partial charge in [0, 0.05) is 25.9 Å². The number of aliphatic carboxylic acids is 3. The molecule has 0 aliphatic rings. The summed E-state index contributed by atoms with van der Waals surface area (Å²) in [6.07, 6.45) is 2.67. The molecule has 0 saturated heterocycles. The summed E-state index contributed by atoms with van der Waals surface area (Å²) in [6.45, 7) is 2.84. The van der Waals surface area contributed by atoms with Crippen molar-refractivity contribution in [3.8, 4) is 5.75 Å². The van der Waals surface area contributed by atoms with Crippen molar-refractivity contribution in [3.05, 3.63) is 29.8 Å². The number of carbonyl (C=O) groups excluding carboxylic acids is 2. The fourth-order valence-electron chi connectivity index (χ4n) is 3.19. The quantitative estimate of drug-likeness (QED) is 0.126. The maximum atomic E-state index is 12.7. The van der Waals surface area contributed by atoms with E-state index in [9.17, 15) is 24.0 Å². The van der Waals surface area contributed by atoms with E-state index >= 15 is 0 Å². The number of carbonyl (C=O) groups is 5. The summed E-state index contributed by atoms with van der Waals surface area (Å²) in [6, 6.07) is 4.46. The Morgan fingerprint density at radius 1 is 0.833 bits per heavy atom. The van der Waals surface area contributed by atoms with Gasteiger partial charge in [-0.3, -0.25) is 9.59 Å². The molecule has 0 heterocycles. The molecular formula is C24H35N3O9. The lowest BCUT2D eigenvalue weighted by Crippen LogP contribution is -2.51. The molecule has 1 rings (SSSR count). The topological polar surface area (TPSA) is 191 Å². The lowest BCUT2D eigenvalue weighted by molar-refractivity contribution is -0.159. The number of amides is 3. The van der Waals surface area contributed by atoms with Crippen LogP contribution < -0.4 is 20.7 Å². The third kappa shape index (κ3) is 12.6. The second-order valence-corrected chi connectivity index (χ2v) is 8.18. The molecule has 1 atom stereocenters. The van der Waals surface area contributed by atoms with Gasteiger partial charge in [0.25, 0.3) is 6.10 Å². The third-order valence-electron chi connectivity index (χ3n) is 5.12. The fraction of sp³-hybridized carbons (Fsp3) is 0.542. The zero-order valence-corrected chi connectivity index (χ0v) is 20.3. The van der Waals surface area contributed by atoms with Gasteiger partial charge in [0.15, 0.2) is 0 Å². The minimum atomic E-state index is -2.05. The number of hydrogen-bond acceptors (Lipinski definition) is 6. The van der Waals surface area contributed by atoms with Gasteiger partial charge in [-0.05, 0) is 37.0 Å². The highest BCUT2D eigenvalue weighted by atomic mass is 16.5. The number of ether oxygens (including phenoxy) is 1. The van der Waals surface area contributed by atoms with Crippen molar-refractivity contribution in [3.63, 3.8) is 0 Å². The van der Waals surface area contributed by atoms with Gasteiger partial charge in [-0.25, -0.2) is 14.4 Å².